The molecule has 1 atom stereocenters. The molecule has 1 unspecified atom stereocenters. The van der Waals surface area contributed by atoms with E-state index in [-0.39, 0.29) is 50.3 Å². The lowest BCUT2D eigenvalue weighted by Crippen LogP contribution is -2.24. The van der Waals surface area contributed by atoms with Crippen LogP contribution < -0.4 is 10.6 Å². The van der Waals surface area contributed by atoms with Gasteiger partial charge in [0.2, 0.25) is 0 Å². The zero-order valence-electron chi connectivity index (χ0n) is 18.1. The Bertz CT molecular complexity index is 1660. The summed E-state index contributed by atoms with van der Waals surface area (Å²) in [4.78, 5) is 32.1. The number of fused-ring (bicyclic) bond motifs is 2. The number of anilines is 1. The first kappa shape index (κ1) is 23.6. The molecule has 2 aromatic heterocycles. The van der Waals surface area contributed by atoms with Crippen molar-refractivity contribution < 1.29 is 27.5 Å². The first-order valence-corrected chi connectivity index (χ1v) is 12.4. The predicted octanol–water partition coefficient (Wildman–Crippen LogP) is 2.71. The molecule has 36 heavy (non-hydrogen) atoms. The maximum Gasteiger partial charge on any atom is 0.335 e. The van der Waals surface area contributed by atoms with Crippen LogP contribution >= 0.6 is 11.6 Å². The highest BCUT2D eigenvalue weighted by Crippen LogP contribution is 2.37. The lowest BCUT2D eigenvalue weighted by molar-refractivity contribution is 0.0696. The van der Waals surface area contributed by atoms with Crippen molar-refractivity contribution >= 4 is 50.2 Å². The van der Waals surface area contributed by atoms with E-state index in [0.29, 0.717) is 11.1 Å². The van der Waals surface area contributed by atoms with Gasteiger partial charge in [0.25, 0.3) is 5.91 Å². The van der Waals surface area contributed by atoms with Crippen LogP contribution in [0.3, 0.4) is 0 Å². The van der Waals surface area contributed by atoms with Gasteiger partial charge in [-0.05, 0) is 35.4 Å². The average molecular weight is 531 g/mol. The third kappa shape index (κ3) is 4.22. The number of carboxylic acids is 1. The summed E-state index contributed by atoms with van der Waals surface area (Å²) in [5.41, 5.74) is 1.33. The number of hydrogen-bond acceptors (Lipinski definition) is 8. The van der Waals surface area contributed by atoms with Crippen LogP contribution in [0.2, 0.25) is 5.02 Å². The molecule has 0 aliphatic carbocycles. The number of rotatable bonds is 6. The Morgan fingerprint density at radius 2 is 2.00 bits per heavy atom. The van der Waals surface area contributed by atoms with Crippen molar-refractivity contribution in [3.05, 3.63) is 75.9 Å². The van der Waals surface area contributed by atoms with Gasteiger partial charge in [-0.25, -0.2) is 27.6 Å². The molecule has 1 aliphatic rings. The summed E-state index contributed by atoms with van der Waals surface area (Å²) >= 11 is 5.78. The molecule has 0 saturated heterocycles. The average Bonchev–Trinajstić information content (AvgIpc) is 3.37. The van der Waals surface area contributed by atoms with Gasteiger partial charge < -0.3 is 15.7 Å². The lowest BCUT2D eigenvalue weighted by atomic mass is 10.1. The second-order valence-electron chi connectivity index (χ2n) is 7.99. The normalized spacial score (nSPS) is 16.0. The quantitative estimate of drug-likeness (QED) is 0.293. The number of H-pyrrole nitrogens is 1. The van der Waals surface area contributed by atoms with E-state index in [1.54, 1.807) is 0 Å². The van der Waals surface area contributed by atoms with Crippen LogP contribution in [0, 0.1) is 5.82 Å². The molecular formula is C22H16ClFN6O5S. The summed E-state index contributed by atoms with van der Waals surface area (Å²) in [6.45, 7) is 0.0681. The molecule has 2 aromatic carbocycles. The fourth-order valence-electron chi connectivity index (χ4n) is 3.93. The van der Waals surface area contributed by atoms with Crippen molar-refractivity contribution in [1.29, 1.82) is 0 Å². The van der Waals surface area contributed by atoms with Crippen molar-refractivity contribution in [1.82, 2.24) is 25.5 Å². The third-order valence-corrected chi connectivity index (χ3v) is 7.76. The lowest BCUT2D eigenvalue weighted by Gasteiger charge is -2.12. The minimum absolute atomic E-state index is 0.000646. The van der Waals surface area contributed by atoms with E-state index in [0.717, 1.165) is 6.07 Å². The van der Waals surface area contributed by atoms with Crippen molar-refractivity contribution in [2.75, 3.05) is 11.1 Å². The van der Waals surface area contributed by atoms with Crippen LogP contribution in [-0.2, 0) is 16.4 Å². The van der Waals surface area contributed by atoms with Gasteiger partial charge in [0, 0.05) is 6.54 Å². The number of nitrogens with zero attached hydrogens (tertiary/aromatic N) is 3. The smallest absolute Gasteiger partial charge is 0.335 e. The van der Waals surface area contributed by atoms with Crippen LogP contribution in [0.5, 0.6) is 0 Å². The Morgan fingerprint density at radius 1 is 1.19 bits per heavy atom. The first-order chi connectivity index (χ1) is 17.1. The summed E-state index contributed by atoms with van der Waals surface area (Å²) in [5.74, 6) is -2.46. The molecule has 1 aliphatic heterocycles. The fraction of sp³-hybridized carbons (Fsp3) is 0.136. The number of aromatic carboxylic acids is 1. The van der Waals surface area contributed by atoms with Gasteiger partial charge in [0.05, 0.1) is 27.3 Å². The molecule has 4 N–H and O–H groups in total. The largest absolute Gasteiger partial charge is 0.478 e. The summed E-state index contributed by atoms with van der Waals surface area (Å²) < 4.78 is 38.6. The molecule has 1 amide bonds. The van der Waals surface area contributed by atoms with E-state index in [2.05, 4.69) is 30.8 Å². The van der Waals surface area contributed by atoms with Gasteiger partial charge in [-0.15, -0.1) is 0 Å². The van der Waals surface area contributed by atoms with Crippen LogP contribution in [0.25, 0.3) is 11.0 Å². The molecule has 4 aromatic rings. The molecule has 3 heterocycles. The summed E-state index contributed by atoms with van der Waals surface area (Å²) in [5, 5.41) is 21.6. The maximum absolute atomic E-state index is 13.3. The van der Waals surface area contributed by atoms with Gasteiger partial charge in [0.1, 0.15) is 23.2 Å². The molecule has 11 nitrogen and oxygen atoms in total. The number of aromatic amines is 1. The Morgan fingerprint density at radius 3 is 2.75 bits per heavy atom. The van der Waals surface area contributed by atoms with Crippen molar-refractivity contribution in [2.45, 2.75) is 17.5 Å². The van der Waals surface area contributed by atoms with Crippen molar-refractivity contribution in [2.24, 2.45) is 0 Å². The van der Waals surface area contributed by atoms with E-state index < -0.39 is 33.6 Å². The van der Waals surface area contributed by atoms with Crippen LogP contribution in [-0.4, -0.2) is 51.3 Å². The van der Waals surface area contributed by atoms with Gasteiger partial charge in [-0.1, -0.05) is 23.7 Å². The van der Waals surface area contributed by atoms with Crippen LogP contribution in [0.1, 0.15) is 38.0 Å². The summed E-state index contributed by atoms with van der Waals surface area (Å²) in [6.07, 6.45) is 1.17. The third-order valence-electron chi connectivity index (χ3n) is 5.67. The molecule has 0 spiro atoms. The standard InChI is InChI=1S/C22H16ClFN6O5S/c23-13-5-10(1-4-14(13)24)7-25-21(31)19-17-18(26-9-27-19)20(30-29-17)28-15-8-36(34,35)16-6-11(22(32)33)2-3-12(15)16/h1-6,9,15H,7-8H2,(H,25,31)(H,32,33)(H2,28,29,30). The van der Waals surface area contributed by atoms with Gasteiger partial charge in [-0.3, -0.25) is 9.89 Å². The number of halogens is 2. The zero-order chi connectivity index (χ0) is 25.6. The molecule has 5 rings (SSSR count). The number of benzene rings is 2. The summed E-state index contributed by atoms with van der Waals surface area (Å²) in [7, 11) is -3.72. The van der Waals surface area contributed by atoms with E-state index in [1.807, 2.05) is 0 Å². The highest BCUT2D eigenvalue weighted by Gasteiger charge is 2.36. The molecule has 184 valence electrons. The van der Waals surface area contributed by atoms with Crippen LogP contribution in [0.15, 0.2) is 47.6 Å². The predicted molar refractivity (Wildman–Crippen MR) is 126 cm³/mol. The zero-order valence-corrected chi connectivity index (χ0v) is 19.7. The van der Waals surface area contributed by atoms with E-state index in [1.165, 1.54) is 36.7 Å². The van der Waals surface area contributed by atoms with E-state index in [4.69, 9.17) is 11.6 Å². The number of hydrogen-bond donors (Lipinski definition) is 4. The minimum atomic E-state index is -3.72. The number of nitrogens with one attached hydrogen (secondary N) is 3. The highest BCUT2D eigenvalue weighted by molar-refractivity contribution is 7.91. The molecule has 0 saturated carbocycles. The molecule has 0 radical (unpaired) electrons. The second kappa shape index (κ2) is 8.84. The van der Waals surface area contributed by atoms with E-state index in [9.17, 15) is 27.5 Å². The maximum atomic E-state index is 13.3. The Balaban J connectivity index is 1.39. The van der Waals surface area contributed by atoms with Crippen molar-refractivity contribution in [3.8, 4) is 0 Å². The summed E-state index contributed by atoms with van der Waals surface area (Å²) in [6, 6.07) is 7.29. The topological polar surface area (TPSA) is 167 Å². The monoisotopic (exact) mass is 530 g/mol. The van der Waals surface area contributed by atoms with E-state index >= 15 is 0 Å². The molecule has 0 fully saturated rings. The van der Waals surface area contributed by atoms with Gasteiger partial charge >= 0.3 is 5.97 Å². The number of carboxylic acid groups (broad SMARTS) is 1. The number of sulfone groups is 1. The number of carbonyl (C=O) groups is 2. The van der Waals surface area contributed by atoms with Gasteiger partial charge in [-0.2, -0.15) is 5.10 Å². The first-order valence-electron chi connectivity index (χ1n) is 10.4. The van der Waals surface area contributed by atoms with Crippen molar-refractivity contribution in [3.63, 3.8) is 0 Å². The highest BCUT2D eigenvalue weighted by atomic mass is 35.5. The SMILES string of the molecule is O=C(O)c1ccc2c(c1)S(=O)(=O)CC2Nc1n[nH]c2c(C(=O)NCc3ccc(F)c(Cl)c3)ncnc12. The Labute approximate surface area is 207 Å². The number of carbonyl (C=O) groups excluding carboxylic acids is 1. The minimum Gasteiger partial charge on any atom is -0.478 e. The Hall–Kier alpha value is -4.10. The Kier molecular flexibility index (Phi) is 5.80. The fourth-order valence-corrected chi connectivity index (χ4v) is 5.89. The molecular weight excluding hydrogens is 515 g/mol. The van der Waals surface area contributed by atoms with Crippen LogP contribution in [0.4, 0.5) is 10.2 Å². The number of amides is 1. The van der Waals surface area contributed by atoms with Gasteiger partial charge in [0.15, 0.2) is 21.3 Å². The second-order valence-corrected chi connectivity index (χ2v) is 10.4. The molecule has 14 heteroatoms. The molecule has 0 bridgehead atoms. The number of aromatic nitrogens is 4.